The van der Waals surface area contributed by atoms with Gasteiger partial charge in [-0.05, 0) is 26.0 Å². The lowest BCUT2D eigenvalue weighted by atomic mass is 10.1. The van der Waals surface area contributed by atoms with Crippen LogP contribution >= 0.6 is 0 Å². The number of fused-ring (bicyclic) bond motifs is 1. The van der Waals surface area contributed by atoms with Crippen LogP contribution in [0.25, 0.3) is 0 Å². The number of imide groups is 1. The number of furan rings is 1. The zero-order chi connectivity index (χ0) is 20.6. The van der Waals surface area contributed by atoms with E-state index in [0.717, 1.165) is 12.0 Å². The third-order valence-electron chi connectivity index (χ3n) is 4.41. The molecule has 9 nitrogen and oxygen atoms in total. The number of amides is 3. The Hall–Kier alpha value is -3.93. The Labute approximate surface area is 159 Å². The van der Waals surface area contributed by atoms with Crippen LogP contribution in [0.3, 0.4) is 0 Å². The number of nitrogens with zero attached hydrogens (tertiary/aromatic N) is 2. The number of nitrogens with one attached hydrogen (secondary N) is 1. The summed E-state index contributed by atoms with van der Waals surface area (Å²) in [5.41, 5.74) is 0.124. The molecule has 3 rings (SSSR count). The van der Waals surface area contributed by atoms with Crippen molar-refractivity contribution in [2.75, 3.05) is 12.4 Å². The number of esters is 1. The molecule has 1 atom stereocenters. The molecule has 0 saturated carbocycles. The summed E-state index contributed by atoms with van der Waals surface area (Å²) >= 11 is 0. The number of rotatable bonds is 4. The van der Waals surface area contributed by atoms with Gasteiger partial charge in [-0.15, -0.1) is 0 Å². The lowest BCUT2D eigenvalue weighted by Crippen LogP contribution is -2.45. The molecular weight excluding hydrogens is 366 g/mol. The maximum absolute atomic E-state index is 12.6. The molecule has 9 heteroatoms. The summed E-state index contributed by atoms with van der Waals surface area (Å²) in [7, 11) is 1.15. The van der Waals surface area contributed by atoms with E-state index < -0.39 is 29.7 Å². The summed E-state index contributed by atoms with van der Waals surface area (Å²) in [6.45, 7) is 2.82. The minimum Gasteiger partial charge on any atom is -0.465 e. The lowest BCUT2D eigenvalue weighted by Gasteiger charge is -2.21. The monoisotopic (exact) mass is 381 g/mol. The van der Waals surface area contributed by atoms with Crippen LogP contribution in [0.1, 0.15) is 49.3 Å². The van der Waals surface area contributed by atoms with Gasteiger partial charge in [-0.3, -0.25) is 24.6 Å². The molecular formula is C19H15N3O6. The van der Waals surface area contributed by atoms with Crippen molar-refractivity contribution in [2.45, 2.75) is 19.9 Å². The number of carbonyl (C=O) groups excluding carboxylic acids is 4. The van der Waals surface area contributed by atoms with Crippen molar-refractivity contribution >= 4 is 29.6 Å². The molecule has 1 aromatic heterocycles. The molecule has 1 aromatic carbocycles. The summed E-state index contributed by atoms with van der Waals surface area (Å²) < 4.78 is 9.93. The van der Waals surface area contributed by atoms with Crippen molar-refractivity contribution < 1.29 is 28.3 Å². The van der Waals surface area contributed by atoms with E-state index in [-0.39, 0.29) is 33.9 Å². The maximum atomic E-state index is 12.6. The van der Waals surface area contributed by atoms with E-state index in [0.29, 0.717) is 0 Å². The molecule has 1 aliphatic heterocycles. The second kappa shape index (κ2) is 7.00. The van der Waals surface area contributed by atoms with Gasteiger partial charge >= 0.3 is 5.97 Å². The van der Waals surface area contributed by atoms with Gasteiger partial charge in [0.1, 0.15) is 29.0 Å². The fourth-order valence-electron chi connectivity index (χ4n) is 2.98. The first-order valence-corrected chi connectivity index (χ1v) is 8.21. The first-order chi connectivity index (χ1) is 13.3. The van der Waals surface area contributed by atoms with Crippen molar-refractivity contribution in [3.8, 4) is 6.07 Å². The molecule has 1 aliphatic rings. The number of nitriles is 1. The number of hydrogen-bond acceptors (Lipinski definition) is 7. The Kier molecular flexibility index (Phi) is 4.71. The van der Waals surface area contributed by atoms with Gasteiger partial charge in [-0.1, -0.05) is 12.1 Å². The quantitative estimate of drug-likeness (QED) is 0.632. The number of aryl methyl sites for hydroxylation is 1. The molecule has 2 heterocycles. The van der Waals surface area contributed by atoms with Gasteiger partial charge in [0.15, 0.2) is 0 Å². The number of carbonyl (C=O) groups is 4. The normalized spacial score (nSPS) is 13.7. The topological polar surface area (TPSA) is 130 Å². The highest BCUT2D eigenvalue weighted by molar-refractivity contribution is 6.23. The molecule has 0 fully saturated rings. The van der Waals surface area contributed by atoms with Gasteiger partial charge in [0.05, 0.1) is 18.2 Å². The summed E-state index contributed by atoms with van der Waals surface area (Å²) in [4.78, 5) is 50.3. The minimum atomic E-state index is -1.18. The third-order valence-corrected chi connectivity index (χ3v) is 4.41. The van der Waals surface area contributed by atoms with Gasteiger partial charge in [0.25, 0.3) is 11.8 Å². The molecule has 0 radical (unpaired) electrons. The van der Waals surface area contributed by atoms with E-state index in [4.69, 9.17) is 4.42 Å². The van der Waals surface area contributed by atoms with Crippen molar-refractivity contribution in [3.63, 3.8) is 0 Å². The first kappa shape index (κ1) is 18.8. The highest BCUT2D eigenvalue weighted by Gasteiger charge is 2.41. The summed E-state index contributed by atoms with van der Waals surface area (Å²) in [6.07, 6.45) is 0. The van der Waals surface area contributed by atoms with Gasteiger partial charge in [-0.25, -0.2) is 4.79 Å². The summed E-state index contributed by atoms with van der Waals surface area (Å²) in [6, 6.07) is 6.87. The van der Waals surface area contributed by atoms with E-state index in [1.54, 1.807) is 18.2 Å². The predicted octanol–water partition coefficient (Wildman–Crippen LogP) is 1.87. The van der Waals surface area contributed by atoms with Gasteiger partial charge in [-0.2, -0.15) is 5.26 Å². The molecule has 1 unspecified atom stereocenters. The van der Waals surface area contributed by atoms with Crippen molar-refractivity contribution in [2.24, 2.45) is 0 Å². The number of anilines is 1. The number of hydrogen-bond donors (Lipinski definition) is 1. The van der Waals surface area contributed by atoms with Crippen LogP contribution in [0, 0.1) is 18.3 Å². The SMILES string of the molecule is COC(=O)c1c(C)oc(NC(=O)C(C)N2C(=O)c3ccccc3C2=O)c1C#N. The predicted molar refractivity (Wildman–Crippen MR) is 94.5 cm³/mol. The van der Waals surface area contributed by atoms with Crippen molar-refractivity contribution in [3.05, 3.63) is 52.3 Å². The molecule has 0 aliphatic carbocycles. The molecule has 0 bridgehead atoms. The number of benzene rings is 1. The second-order valence-electron chi connectivity index (χ2n) is 6.03. The fraction of sp³-hybridized carbons (Fsp3) is 0.211. The smallest absolute Gasteiger partial charge is 0.342 e. The zero-order valence-corrected chi connectivity index (χ0v) is 15.2. The van der Waals surface area contributed by atoms with Gasteiger partial charge in [0, 0.05) is 0 Å². The maximum Gasteiger partial charge on any atom is 0.342 e. The number of ether oxygens (including phenoxy) is 1. The summed E-state index contributed by atoms with van der Waals surface area (Å²) in [5, 5.41) is 11.7. The van der Waals surface area contributed by atoms with Gasteiger partial charge in [0.2, 0.25) is 11.8 Å². The van der Waals surface area contributed by atoms with Crippen LogP contribution in [0.5, 0.6) is 0 Å². The van der Waals surface area contributed by atoms with Crippen LogP contribution in [0.2, 0.25) is 0 Å². The Morgan fingerprint density at radius 2 is 1.79 bits per heavy atom. The Bertz CT molecular complexity index is 1030. The molecule has 3 amide bonds. The second-order valence-corrected chi connectivity index (χ2v) is 6.03. The van der Waals surface area contributed by atoms with Crippen molar-refractivity contribution in [1.29, 1.82) is 5.26 Å². The van der Waals surface area contributed by atoms with Crippen LogP contribution in [-0.4, -0.2) is 41.7 Å². The van der Waals surface area contributed by atoms with Crippen LogP contribution < -0.4 is 5.32 Å². The lowest BCUT2D eigenvalue weighted by molar-refractivity contribution is -0.119. The standard InChI is InChI=1S/C19H15N3O6/c1-9(22-17(24)11-6-4-5-7-12(11)18(22)25)15(23)21-16-13(8-20)14(10(2)28-16)19(26)27-3/h4-7,9H,1-3H3,(H,21,23). The first-order valence-electron chi connectivity index (χ1n) is 8.21. The molecule has 28 heavy (non-hydrogen) atoms. The van der Waals surface area contributed by atoms with E-state index in [1.165, 1.54) is 26.0 Å². The average molecular weight is 381 g/mol. The van der Waals surface area contributed by atoms with Crippen LogP contribution in [0.15, 0.2) is 28.7 Å². The largest absolute Gasteiger partial charge is 0.465 e. The highest BCUT2D eigenvalue weighted by Crippen LogP contribution is 2.28. The summed E-state index contributed by atoms with van der Waals surface area (Å²) in [5.74, 6) is -2.88. The average Bonchev–Trinajstić information content (AvgIpc) is 3.14. The Morgan fingerprint density at radius 3 is 2.29 bits per heavy atom. The third kappa shape index (κ3) is 2.81. The van der Waals surface area contributed by atoms with E-state index in [9.17, 15) is 24.4 Å². The Balaban J connectivity index is 1.87. The van der Waals surface area contributed by atoms with Crippen LogP contribution in [-0.2, 0) is 9.53 Å². The van der Waals surface area contributed by atoms with Crippen molar-refractivity contribution in [1.82, 2.24) is 4.90 Å². The van der Waals surface area contributed by atoms with E-state index >= 15 is 0 Å². The molecule has 142 valence electrons. The Morgan fingerprint density at radius 1 is 1.21 bits per heavy atom. The molecule has 0 spiro atoms. The number of methoxy groups -OCH3 is 1. The molecule has 0 saturated heterocycles. The zero-order valence-electron chi connectivity index (χ0n) is 15.2. The van der Waals surface area contributed by atoms with Crippen LogP contribution in [0.4, 0.5) is 5.88 Å². The minimum absolute atomic E-state index is 0.0899. The molecule has 2 aromatic rings. The fourth-order valence-corrected chi connectivity index (χ4v) is 2.98. The van der Waals surface area contributed by atoms with E-state index in [2.05, 4.69) is 10.1 Å². The highest BCUT2D eigenvalue weighted by atomic mass is 16.5. The van der Waals surface area contributed by atoms with E-state index in [1.807, 2.05) is 0 Å². The molecule has 1 N–H and O–H groups in total. The van der Waals surface area contributed by atoms with Gasteiger partial charge < -0.3 is 9.15 Å².